The van der Waals surface area contributed by atoms with Crippen molar-refractivity contribution in [2.45, 2.75) is 38.1 Å². The summed E-state index contributed by atoms with van der Waals surface area (Å²) in [4.78, 5) is 12.2. The molecule has 2 rings (SSSR count). The van der Waals surface area contributed by atoms with Crippen LogP contribution >= 0.6 is 11.6 Å². The fourth-order valence-corrected chi connectivity index (χ4v) is 3.19. The Labute approximate surface area is 137 Å². The second-order valence-corrected chi connectivity index (χ2v) is 6.65. The molecule has 0 aliphatic carbocycles. The Morgan fingerprint density at radius 2 is 2.00 bits per heavy atom. The minimum atomic E-state index is -0.205. The summed E-state index contributed by atoms with van der Waals surface area (Å²) in [6.07, 6.45) is 1.70. The van der Waals surface area contributed by atoms with E-state index < -0.39 is 0 Å². The number of carbonyl (C=O) groups is 1. The Balaban J connectivity index is 2.17. The van der Waals surface area contributed by atoms with Gasteiger partial charge in [0.1, 0.15) is 0 Å². The third-order valence-corrected chi connectivity index (χ3v) is 5.03. The number of nitrogens with one attached hydrogen (secondary N) is 1. The number of carbonyl (C=O) groups excluding carboxylic acids is 1. The molecule has 122 valence electrons. The van der Waals surface area contributed by atoms with Crippen LogP contribution in [0.1, 0.15) is 32.3 Å². The van der Waals surface area contributed by atoms with E-state index in [1.165, 1.54) is 0 Å². The van der Waals surface area contributed by atoms with Crippen LogP contribution in [0, 0.1) is 5.92 Å². The molecule has 22 heavy (non-hydrogen) atoms. The maximum atomic E-state index is 12.2. The number of hydrogen-bond donors (Lipinski definition) is 2. The predicted molar refractivity (Wildman–Crippen MR) is 89.0 cm³/mol. The van der Waals surface area contributed by atoms with Crippen LogP contribution in [0.15, 0.2) is 24.3 Å². The average Bonchev–Trinajstić information content (AvgIpc) is 2.53. The Morgan fingerprint density at radius 3 is 2.59 bits per heavy atom. The molecule has 1 heterocycles. The summed E-state index contributed by atoms with van der Waals surface area (Å²) in [6.45, 7) is 5.64. The lowest BCUT2D eigenvalue weighted by atomic mass is 9.74. The van der Waals surface area contributed by atoms with Crippen LogP contribution in [0.25, 0.3) is 0 Å². The first-order valence-corrected chi connectivity index (χ1v) is 8.20. The topological polar surface area (TPSA) is 64.4 Å². The van der Waals surface area contributed by atoms with Crippen LogP contribution in [-0.2, 0) is 14.9 Å². The molecular formula is C17H25ClN2O2. The molecule has 0 aromatic heterocycles. The molecule has 1 aliphatic heterocycles. The van der Waals surface area contributed by atoms with E-state index in [0.29, 0.717) is 19.8 Å². The highest BCUT2D eigenvalue weighted by Crippen LogP contribution is 2.38. The van der Waals surface area contributed by atoms with Crippen LogP contribution in [0.3, 0.4) is 0 Å². The first-order chi connectivity index (χ1) is 10.5. The summed E-state index contributed by atoms with van der Waals surface area (Å²) >= 11 is 6.40. The van der Waals surface area contributed by atoms with E-state index in [1.807, 2.05) is 32.0 Å². The number of benzene rings is 1. The minimum absolute atomic E-state index is 0.00656. The third kappa shape index (κ3) is 3.80. The molecular weight excluding hydrogens is 300 g/mol. The Bertz CT molecular complexity index is 513. The number of nitrogens with two attached hydrogens (primary N) is 1. The first kappa shape index (κ1) is 17.3. The fourth-order valence-electron chi connectivity index (χ4n) is 2.85. The van der Waals surface area contributed by atoms with Crippen LogP contribution in [0.5, 0.6) is 0 Å². The van der Waals surface area contributed by atoms with Gasteiger partial charge >= 0.3 is 0 Å². The third-order valence-electron chi connectivity index (χ3n) is 4.70. The molecule has 0 spiro atoms. The van der Waals surface area contributed by atoms with Gasteiger partial charge in [0.25, 0.3) is 0 Å². The molecule has 1 amide bonds. The van der Waals surface area contributed by atoms with Crippen molar-refractivity contribution in [2.75, 3.05) is 19.8 Å². The van der Waals surface area contributed by atoms with E-state index in [0.717, 1.165) is 23.4 Å². The Hall–Kier alpha value is -1.10. The standard InChI is InChI=1S/C17H25ClN2O2/c1-12(13(2)19)16(21)20-11-17(7-9-22-10-8-17)14-5-3-4-6-15(14)18/h3-6,12-13H,7-11,19H2,1-2H3,(H,20,21). The molecule has 2 unspecified atom stereocenters. The molecule has 1 aromatic rings. The van der Waals surface area contributed by atoms with Crippen molar-refractivity contribution in [1.29, 1.82) is 0 Å². The van der Waals surface area contributed by atoms with Crippen molar-refractivity contribution in [2.24, 2.45) is 11.7 Å². The molecule has 1 saturated heterocycles. The van der Waals surface area contributed by atoms with E-state index in [2.05, 4.69) is 11.4 Å². The van der Waals surface area contributed by atoms with Crippen molar-refractivity contribution < 1.29 is 9.53 Å². The van der Waals surface area contributed by atoms with Gasteiger partial charge in [0.15, 0.2) is 0 Å². The summed E-state index contributed by atoms with van der Waals surface area (Å²) in [7, 11) is 0. The van der Waals surface area contributed by atoms with Crippen LogP contribution < -0.4 is 11.1 Å². The zero-order valence-electron chi connectivity index (χ0n) is 13.3. The molecule has 1 fully saturated rings. The van der Waals surface area contributed by atoms with Crippen molar-refractivity contribution in [3.05, 3.63) is 34.9 Å². The molecule has 1 aromatic carbocycles. The monoisotopic (exact) mass is 324 g/mol. The summed E-state index contributed by atoms with van der Waals surface area (Å²) < 4.78 is 5.50. The van der Waals surface area contributed by atoms with E-state index >= 15 is 0 Å². The van der Waals surface area contributed by atoms with Gasteiger partial charge in [-0.3, -0.25) is 4.79 Å². The van der Waals surface area contributed by atoms with E-state index in [4.69, 9.17) is 22.1 Å². The Morgan fingerprint density at radius 1 is 1.36 bits per heavy atom. The highest BCUT2D eigenvalue weighted by Gasteiger charge is 2.36. The van der Waals surface area contributed by atoms with Crippen LogP contribution in [0.4, 0.5) is 0 Å². The van der Waals surface area contributed by atoms with Crippen molar-refractivity contribution in [3.8, 4) is 0 Å². The van der Waals surface area contributed by atoms with Gasteiger partial charge in [0, 0.05) is 42.2 Å². The molecule has 4 nitrogen and oxygen atoms in total. The van der Waals surface area contributed by atoms with Gasteiger partial charge in [-0.25, -0.2) is 0 Å². The van der Waals surface area contributed by atoms with E-state index in [1.54, 1.807) is 0 Å². The second-order valence-electron chi connectivity index (χ2n) is 6.24. The van der Waals surface area contributed by atoms with Gasteiger partial charge in [0.2, 0.25) is 5.91 Å². The van der Waals surface area contributed by atoms with Crippen molar-refractivity contribution >= 4 is 17.5 Å². The zero-order valence-corrected chi connectivity index (χ0v) is 14.0. The van der Waals surface area contributed by atoms with Gasteiger partial charge in [-0.1, -0.05) is 36.7 Å². The predicted octanol–water partition coefficient (Wildman–Crippen LogP) is 2.49. The molecule has 3 N–H and O–H groups in total. The van der Waals surface area contributed by atoms with Crippen LogP contribution in [-0.4, -0.2) is 31.7 Å². The number of hydrogen-bond acceptors (Lipinski definition) is 3. The number of halogens is 1. The molecule has 2 atom stereocenters. The quantitative estimate of drug-likeness (QED) is 0.874. The van der Waals surface area contributed by atoms with Gasteiger partial charge in [-0.15, -0.1) is 0 Å². The van der Waals surface area contributed by atoms with E-state index in [-0.39, 0.29) is 23.3 Å². The number of ether oxygens (including phenoxy) is 1. The summed E-state index contributed by atoms with van der Waals surface area (Å²) in [5.41, 5.74) is 6.74. The number of rotatable bonds is 5. The highest BCUT2D eigenvalue weighted by molar-refractivity contribution is 6.31. The van der Waals surface area contributed by atoms with Gasteiger partial charge in [0.05, 0.1) is 0 Å². The molecule has 0 radical (unpaired) electrons. The fraction of sp³-hybridized carbons (Fsp3) is 0.588. The van der Waals surface area contributed by atoms with Crippen molar-refractivity contribution in [3.63, 3.8) is 0 Å². The maximum Gasteiger partial charge on any atom is 0.224 e. The largest absolute Gasteiger partial charge is 0.381 e. The van der Waals surface area contributed by atoms with Gasteiger partial charge in [-0.2, -0.15) is 0 Å². The lowest BCUT2D eigenvalue weighted by Crippen LogP contribution is -2.47. The summed E-state index contributed by atoms with van der Waals surface area (Å²) in [5, 5.41) is 3.82. The zero-order chi connectivity index (χ0) is 16.2. The first-order valence-electron chi connectivity index (χ1n) is 7.82. The second kappa shape index (κ2) is 7.44. The maximum absolute atomic E-state index is 12.2. The van der Waals surface area contributed by atoms with E-state index in [9.17, 15) is 4.79 Å². The molecule has 5 heteroatoms. The van der Waals surface area contributed by atoms with Gasteiger partial charge in [-0.05, 0) is 31.4 Å². The summed E-state index contributed by atoms with van der Waals surface area (Å²) in [5.74, 6) is -0.212. The average molecular weight is 325 g/mol. The normalized spacial score (nSPS) is 20.2. The van der Waals surface area contributed by atoms with Crippen LogP contribution in [0.2, 0.25) is 5.02 Å². The number of amides is 1. The SMILES string of the molecule is CC(N)C(C)C(=O)NCC1(c2ccccc2Cl)CCOCC1. The minimum Gasteiger partial charge on any atom is -0.381 e. The molecule has 0 bridgehead atoms. The summed E-state index contributed by atoms with van der Waals surface area (Å²) in [6, 6.07) is 7.71. The molecule has 1 aliphatic rings. The lowest BCUT2D eigenvalue weighted by Gasteiger charge is -2.38. The smallest absolute Gasteiger partial charge is 0.224 e. The lowest BCUT2D eigenvalue weighted by molar-refractivity contribution is -0.125. The van der Waals surface area contributed by atoms with Gasteiger partial charge < -0.3 is 15.8 Å². The Kier molecular flexibility index (Phi) is 5.84. The highest BCUT2D eigenvalue weighted by atomic mass is 35.5. The van der Waals surface area contributed by atoms with Crippen molar-refractivity contribution in [1.82, 2.24) is 5.32 Å². The molecule has 0 saturated carbocycles.